The molecule has 0 radical (unpaired) electrons. The van der Waals surface area contributed by atoms with Crippen molar-refractivity contribution in [2.75, 3.05) is 24.5 Å². The summed E-state index contributed by atoms with van der Waals surface area (Å²) in [7, 11) is 0. The van der Waals surface area contributed by atoms with Crippen LogP contribution in [0, 0.1) is 5.92 Å². The number of hydrogen-bond donors (Lipinski definition) is 1. The number of nitrogens with zero attached hydrogens (tertiary/aromatic N) is 3. The van der Waals surface area contributed by atoms with Gasteiger partial charge < -0.3 is 10.2 Å². The van der Waals surface area contributed by atoms with E-state index in [1.807, 2.05) is 13.0 Å². The van der Waals surface area contributed by atoms with Crippen LogP contribution in [0.4, 0.5) is 5.95 Å². The number of piperidine rings is 1. The van der Waals surface area contributed by atoms with Gasteiger partial charge in [0.1, 0.15) is 0 Å². The first-order valence-electron chi connectivity index (χ1n) is 6.11. The van der Waals surface area contributed by atoms with Crippen LogP contribution in [0.1, 0.15) is 19.8 Å². The Morgan fingerprint density at radius 2 is 2.06 bits per heavy atom. The predicted molar refractivity (Wildman–Crippen MR) is 65.7 cm³/mol. The van der Waals surface area contributed by atoms with Crippen LogP contribution >= 0.6 is 0 Å². The van der Waals surface area contributed by atoms with Crippen molar-refractivity contribution in [3.8, 4) is 0 Å². The molecular formula is C12H18N4O. The summed E-state index contributed by atoms with van der Waals surface area (Å²) in [5, 5.41) is 2.88. The molecule has 0 unspecified atom stereocenters. The number of hydrogen-bond acceptors (Lipinski definition) is 4. The van der Waals surface area contributed by atoms with Gasteiger partial charge in [0.05, 0.1) is 0 Å². The minimum Gasteiger partial charge on any atom is -0.356 e. The van der Waals surface area contributed by atoms with E-state index in [-0.39, 0.29) is 11.8 Å². The zero-order valence-electron chi connectivity index (χ0n) is 10.1. The van der Waals surface area contributed by atoms with Crippen molar-refractivity contribution in [1.29, 1.82) is 0 Å². The van der Waals surface area contributed by atoms with Crippen LogP contribution in [0.5, 0.6) is 0 Å². The smallest absolute Gasteiger partial charge is 0.225 e. The number of carbonyl (C=O) groups is 1. The molecule has 0 spiro atoms. The molecule has 1 aliphatic heterocycles. The first-order chi connectivity index (χ1) is 8.31. The quantitative estimate of drug-likeness (QED) is 0.841. The summed E-state index contributed by atoms with van der Waals surface area (Å²) in [6.45, 7) is 4.36. The van der Waals surface area contributed by atoms with Crippen LogP contribution in [0.25, 0.3) is 0 Å². The topological polar surface area (TPSA) is 58.1 Å². The lowest BCUT2D eigenvalue weighted by molar-refractivity contribution is -0.125. The summed E-state index contributed by atoms with van der Waals surface area (Å²) in [6, 6.07) is 1.81. The lowest BCUT2D eigenvalue weighted by Crippen LogP contribution is -2.41. The van der Waals surface area contributed by atoms with Gasteiger partial charge in [0, 0.05) is 37.9 Å². The highest BCUT2D eigenvalue weighted by atomic mass is 16.1. The second-order valence-corrected chi connectivity index (χ2v) is 4.20. The van der Waals surface area contributed by atoms with Crippen LogP contribution in [-0.4, -0.2) is 35.5 Å². The normalized spacial score (nSPS) is 16.9. The van der Waals surface area contributed by atoms with E-state index in [1.54, 1.807) is 12.4 Å². The monoisotopic (exact) mass is 234 g/mol. The molecule has 1 N–H and O–H groups in total. The molecule has 1 fully saturated rings. The first-order valence-corrected chi connectivity index (χ1v) is 6.11. The second-order valence-electron chi connectivity index (χ2n) is 4.20. The summed E-state index contributed by atoms with van der Waals surface area (Å²) < 4.78 is 0. The fraction of sp³-hybridized carbons (Fsp3) is 0.583. The Morgan fingerprint density at radius 3 is 2.65 bits per heavy atom. The first kappa shape index (κ1) is 11.8. The Balaban J connectivity index is 1.88. The predicted octanol–water partition coefficient (Wildman–Crippen LogP) is 0.829. The molecule has 1 saturated heterocycles. The van der Waals surface area contributed by atoms with E-state index >= 15 is 0 Å². The zero-order chi connectivity index (χ0) is 12.1. The molecule has 2 rings (SSSR count). The summed E-state index contributed by atoms with van der Waals surface area (Å²) in [6.07, 6.45) is 5.25. The Labute approximate surface area is 101 Å². The second kappa shape index (κ2) is 5.61. The van der Waals surface area contributed by atoms with Gasteiger partial charge in [-0.3, -0.25) is 4.79 Å². The third kappa shape index (κ3) is 2.93. The van der Waals surface area contributed by atoms with Gasteiger partial charge in [0.15, 0.2) is 0 Å². The molecule has 17 heavy (non-hydrogen) atoms. The molecule has 5 heteroatoms. The molecule has 1 amide bonds. The van der Waals surface area contributed by atoms with Crippen LogP contribution in [-0.2, 0) is 4.79 Å². The summed E-state index contributed by atoms with van der Waals surface area (Å²) >= 11 is 0. The molecule has 92 valence electrons. The van der Waals surface area contributed by atoms with E-state index in [4.69, 9.17) is 0 Å². The minimum atomic E-state index is 0.148. The number of rotatable bonds is 3. The number of amides is 1. The van der Waals surface area contributed by atoms with Gasteiger partial charge in [-0.15, -0.1) is 0 Å². The van der Waals surface area contributed by atoms with Crippen molar-refractivity contribution in [1.82, 2.24) is 15.3 Å². The molecule has 2 heterocycles. The summed E-state index contributed by atoms with van der Waals surface area (Å²) in [4.78, 5) is 22.3. The highest BCUT2D eigenvalue weighted by molar-refractivity contribution is 5.78. The molecular weight excluding hydrogens is 216 g/mol. The lowest BCUT2D eigenvalue weighted by Gasteiger charge is -2.31. The van der Waals surface area contributed by atoms with Crippen molar-refractivity contribution in [3.05, 3.63) is 18.5 Å². The van der Waals surface area contributed by atoms with Gasteiger partial charge in [0.25, 0.3) is 0 Å². The van der Waals surface area contributed by atoms with Gasteiger partial charge >= 0.3 is 0 Å². The van der Waals surface area contributed by atoms with Crippen molar-refractivity contribution in [2.45, 2.75) is 19.8 Å². The number of anilines is 1. The maximum atomic E-state index is 11.7. The van der Waals surface area contributed by atoms with Crippen LogP contribution < -0.4 is 10.2 Å². The van der Waals surface area contributed by atoms with Gasteiger partial charge in [-0.25, -0.2) is 9.97 Å². The van der Waals surface area contributed by atoms with Crippen molar-refractivity contribution in [2.24, 2.45) is 5.92 Å². The molecule has 0 aromatic carbocycles. The zero-order valence-corrected chi connectivity index (χ0v) is 10.1. The Kier molecular flexibility index (Phi) is 3.90. The highest BCUT2D eigenvalue weighted by Crippen LogP contribution is 2.20. The highest BCUT2D eigenvalue weighted by Gasteiger charge is 2.25. The molecule has 0 bridgehead atoms. The van der Waals surface area contributed by atoms with E-state index in [2.05, 4.69) is 20.2 Å². The number of nitrogens with one attached hydrogen (secondary N) is 1. The van der Waals surface area contributed by atoms with Crippen molar-refractivity contribution in [3.63, 3.8) is 0 Å². The molecule has 1 aliphatic rings. The third-order valence-corrected chi connectivity index (χ3v) is 3.05. The molecule has 0 atom stereocenters. The average Bonchev–Trinajstić information content (AvgIpc) is 2.40. The average molecular weight is 234 g/mol. The lowest BCUT2D eigenvalue weighted by atomic mass is 9.96. The Hall–Kier alpha value is -1.65. The fourth-order valence-electron chi connectivity index (χ4n) is 2.11. The number of carbonyl (C=O) groups excluding carboxylic acids is 1. The Morgan fingerprint density at radius 1 is 1.41 bits per heavy atom. The number of aromatic nitrogens is 2. The largest absolute Gasteiger partial charge is 0.356 e. The van der Waals surface area contributed by atoms with Crippen molar-refractivity contribution >= 4 is 11.9 Å². The van der Waals surface area contributed by atoms with E-state index < -0.39 is 0 Å². The molecule has 1 aromatic heterocycles. The van der Waals surface area contributed by atoms with E-state index in [0.717, 1.165) is 31.9 Å². The van der Waals surface area contributed by atoms with Gasteiger partial charge in [0.2, 0.25) is 11.9 Å². The van der Waals surface area contributed by atoms with Crippen LogP contribution in [0.3, 0.4) is 0 Å². The molecule has 5 nitrogen and oxygen atoms in total. The minimum absolute atomic E-state index is 0.148. The van der Waals surface area contributed by atoms with E-state index in [0.29, 0.717) is 6.54 Å². The maximum Gasteiger partial charge on any atom is 0.225 e. The molecule has 1 aromatic rings. The molecule has 0 aliphatic carbocycles. The fourth-order valence-corrected chi connectivity index (χ4v) is 2.11. The van der Waals surface area contributed by atoms with Crippen LogP contribution in [0.2, 0.25) is 0 Å². The third-order valence-electron chi connectivity index (χ3n) is 3.05. The SMILES string of the molecule is CCNC(=O)C1CCN(c2ncccn2)CC1. The van der Waals surface area contributed by atoms with E-state index in [9.17, 15) is 4.79 Å². The van der Waals surface area contributed by atoms with Gasteiger partial charge in [-0.1, -0.05) is 0 Å². The maximum absolute atomic E-state index is 11.7. The van der Waals surface area contributed by atoms with Gasteiger partial charge in [-0.05, 0) is 25.8 Å². The summed E-state index contributed by atoms with van der Waals surface area (Å²) in [5.74, 6) is 1.10. The summed E-state index contributed by atoms with van der Waals surface area (Å²) in [5.41, 5.74) is 0. The van der Waals surface area contributed by atoms with Gasteiger partial charge in [-0.2, -0.15) is 0 Å². The standard InChI is InChI=1S/C12H18N4O/c1-2-13-11(17)10-4-8-16(9-5-10)12-14-6-3-7-15-12/h3,6-7,10H,2,4-5,8-9H2,1H3,(H,13,17). The van der Waals surface area contributed by atoms with E-state index in [1.165, 1.54) is 0 Å². The van der Waals surface area contributed by atoms with Crippen molar-refractivity contribution < 1.29 is 4.79 Å². The molecule has 0 saturated carbocycles. The van der Waals surface area contributed by atoms with Crippen LogP contribution in [0.15, 0.2) is 18.5 Å². The Bertz CT molecular complexity index is 360.